The summed E-state index contributed by atoms with van der Waals surface area (Å²) >= 11 is 5.96. The third-order valence-electron chi connectivity index (χ3n) is 2.47. The molecule has 1 N–H and O–H groups in total. The Kier molecular flexibility index (Phi) is 4.28. The van der Waals surface area contributed by atoms with Crippen molar-refractivity contribution in [3.63, 3.8) is 0 Å². The fraction of sp³-hybridized carbons (Fsp3) is 0.538. The Morgan fingerprint density at radius 2 is 1.76 bits per heavy atom. The Hall–Kier alpha value is -0.513. The van der Waals surface area contributed by atoms with Crippen molar-refractivity contribution in [2.24, 2.45) is 0 Å². The molecule has 17 heavy (non-hydrogen) atoms. The van der Waals surface area contributed by atoms with Gasteiger partial charge in [-0.1, -0.05) is 32.4 Å². The zero-order valence-electron chi connectivity index (χ0n) is 11.2. The van der Waals surface area contributed by atoms with E-state index in [1.54, 1.807) is 18.2 Å². The van der Waals surface area contributed by atoms with Crippen LogP contribution in [0.3, 0.4) is 0 Å². The summed E-state index contributed by atoms with van der Waals surface area (Å²) in [5.41, 5.74) is 0.260. The molecule has 0 aliphatic heterocycles. The van der Waals surface area contributed by atoms with Crippen LogP contribution in [0.2, 0.25) is 10.1 Å². The first kappa shape index (κ1) is 14.5. The van der Waals surface area contributed by atoms with E-state index >= 15 is 0 Å². The summed E-state index contributed by atoms with van der Waals surface area (Å²) in [7, 11) is -0.681. The number of hydrogen-bond acceptors (Lipinski definition) is 2. The number of phenols is 1. The molecule has 0 saturated heterocycles. The lowest BCUT2D eigenvalue weighted by Crippen LogP contribution is -2.27. The molecule has 0 aliphatic rings. The van der Waals surface area contributed by atoms with E-state index < -0.39 is 15.4 Å². The zero-order chi connectivity index (χ0) is 13.3. The highest BCUT2D eigenvalue weighted by Crippen LogP contribution is 2.35. The minimum Gasteiger partial charge on any atom is -0.508 e. The third kappa shape index (κ3) is 4.34. The maximum absolute atomic E-state index is 9.88. The molecule has 0 heterocycles. The number of phenolic OH excluding ortho intramolecular Hbond substituents is 1. The Labute approximate surface area is 111 Å². The summed E-state index contributed by atoms with van der Waals surface area (Å²) in [6.45, 7) is 10.5. The molecule has 1 rings (SSSR count). The Morgan fingerprint density at radius 3 is 2.29 bits per heavy atom. The average molecular weight is 273 g/mol. The van der Waals surface area contributed by atoms with Crippen LogP contribution < -0.4 is 0 Å². The number of rotatable bonds is 3. The number of halogens is 1. The minimum atomic E-state index is -0.681. The molecular weight excluding hydrogens is 252 g/mol. The highest BCUT2D eigenvalue weighted by atomic mass is 35.5. The van der Waals surface area contributed by atoms with Gasteiger partial charge in [0.05, 0.1) is 5.60 Å². The van der Waals surface area contributed by atoms with Crippen molar-refractivity contribution in [3.05, 3.63) is 28.8 Å². The average Bonchev–Trinajstić information content (AvgIpc) is 2.18. The summed E-state index contributed by atoms with van der Waals surface area (Å²) in [6.07, 6.45) is 0. The van der Waals surface area contributed by atoms with Gasteiger partial charge in [-0.15, -0.1) is 0 Å². The van der Waals surface area contributed by atoms with Gasteiger partial charge in [-0.2, -0.15) is 0 Å². The molecular formula is C13H21ClO2Si. The molecule has 4 heteroatoms. The number of aromatic hydroxyl groups is 1. The van der Waals surface area contributed by atoms with E-state index in [1.165, 1.54) is 0 Å². The summed E-state index contributed by atoms with van der Waals surface area (Å²) in [6, 6.07) is 5.06. The van der Waals surface area contributed by atoms with Crippen LogP contribution in [0.4, 0.5) is 0 Å². The van der Waals surface area contributed by atoms with E-state index in [1.807, 2.05) is 13.8 Å². The third-order valence-corrected chi connectivity index (χ3v) is 4.44. The first-order valence-corrected chi connectivity index (χ1v) is 7.41. The minimum absolute atomic E-state index is 0.228. The molecule has 1 aromatic carbocycles. The molecule has 0 saturated carbocycles. The van der Waals surface area contributed by atoms with E-state index in [4.69, 9.17) is 16.0 Å². The standard InChI is InChI=1S/C13H21ClO2Si/c1-12(2,3)17-16-13(4,5)10-8-9(14)6-7-11(10)15/h6-8,15H,17H2,1-5H3. The second-order valence-corrected chi connectivity index (χ2v) is 9.16. The first-order valence-electron chi connectivity index (χ1n) is 5.75. The normalized spacial score (nSPS) is 13.5. The summed E-state index contributed by atoms with van der Waals surface area (Å²) in [4.78, 5) is 0. The molecule has 0 bridgehead atoms. The van der Waals surface area contributed by atoms with Crippen LogP contribution in [-0.4, -0.2) is 14.9 Å². The van der Waals surface area contributed by atoms with Crippen LogP contribution in [-0.2, 0) is 10.0 Å². The van der Waals surface area contributed by atoms with Crippen molar-refractivity contribution in [2.45, 2.75) is 45.3 Å². The molecule has 0 fully saturated rings. The fourth-order valence-corrected chi connectivity index (χ4v) is 2.59. The van der Waals surface area contributed by atoms with E-state index in [0.29, 0.717) is 5.02 Å². The van der Waals surface area contributed by atoms with Gasteiger partial charge < -0.3 is 9.53 Å². The second kappa shape index (κ2) is 5.00. The van der Waals surface area contributed by atoms with Gasteiger partial charge >= 0.3 is 0 Å². The first-order chi connectivity index (χ1) is 7.62. The van der Waals surface area contributed by atoms with Crippen LogP contribution >= 0.6 is 11.6 Å². The summed E-state index contributed by atoms with van der Waals surface area (Å²) < 4.78 is 6.04. The smallest absolute Gasteiger partial charge is 0.168 e. The lowest BCUT2D eigenvalue weighted by Gasteiger charge is -2.31. The quantitative estimate of drug-likeness (QED) is 0.852. The van der Waals surface area contributed by atoms with Gasteiger partial charge in [0, 0.05) is 10.6 Å². The molecule has 0 aliphatic carbocycles. The highest BCUT2D eigenvalue weighted by Gasteiger charge is 2.27. The van der Waals surface area contributed by atoms with Crippen LogP contribution in [0.1, 0.15) is 40.2 Å². The Balaban J connectivity index is 2.92. The van der Waals surface area contributed by atoms with Crippen molar-refractivity contribution >= 4 is 21.4 Å². The second-order valence-electron chi connectivity index (χ2n) is 6.02. The van der Waals surface area contributed by atoms with Crippen molar-refractivity contribution in [1.82, 2.24) is 0 Å². The molecule has 1 aromatic rings. The van der Waals surface area contributed by atoms with Crippen molar-refractivity contribution in [3.8, 4) is 5.75 Å². The van der Waals surface area contributed by atoms with E-state index in [-0.39, 0.29) is 10.8 Å². The van der Waals surface area contributed by atoms with E-state index in [9.17, 15) is 5.11 Å². The fourth-order valence-electron chi connectivity index (χ4n) is 1.47. The van der Waals surface area contributed by atoms with Gasteiger partial charge in [0.2, 0.25) is 0 Å². The monoisotopic (exact) mass is 272 g/mol. The predicted molar refractivity (Wildman–Crippen MR) is 75.5 cm³/mol. The molecule has 0 amide bonds. The van der Waals surface area contributed by atoms with Crippen molar-refractivity contribution < 1.29 is 9.53 Å². The van der Waals surface area contributed by atoms with Gasteiger partial charge in [-0.25, -0.2) is 0 Å². The molecule has 0 spiro atoms. The van der Waals surface area contributed by atoms with Crippen molar-refractivity contribution in [1.29, 1.82) is 0 Å². The van der Waals surface area contributed by atoms with Crippen LogP contribution in [0, 0.1) is 0 Å². The van der Waals surface area contributed by atoms with Crippen molar-refractivity contribution in [2.75, 3.05) is 0 Å². The van der Waals surface area contributed by atoms with Crippen LogP contribution in [0.15, 0.2) is 18.2 Å². The summed E-state index contributed by atoms with van der Waals surface area (Å²) in [5, 5.41) is 10.7. The molecule has 0 aromatic heterocycles. The molecule has 0 radical (unpaired) electrons. The number of hydrogen-bond donors (Lipinski definition) is 1. The van der Waals surface area contributed by atoms with E-state index in [2.05, 4.69) is 20.8 Å². The van der Waals surface area contributed by atoms with Gasteiger partial charge in [0.25, 0.3) is 0 Å². The lowest BCUT2D eigenvalue weighted by atomic mass is 9.97. The zero-order valence-corrected chi connectivity index (χ0v) is 13.3. The SMILES string of the molecule is CC(C)(C)[SiH2]OC(C)(C)c1cc(Cl)ccc1O. The molecule has 0 unspecified atom stereocenters. The Bertz CT molecular complexity index is 397. The van der Waals surface area contributed by atoms with Gasteiger partial charge in [-0.3, -0.25) is 0 Å². The van der Waals surface area contributed by atoms with Gasteiger partial charge in [0.15, 0.2) is 9.76 Å². The number of benzene rings is 1. The van der Waals surface area contributed by atoms with Gasteiger partial charge in [-0.05, 0) is 37.1 Å². The molecule has 96 valence electrons. The molecule has 0 atom stereocenters. The predicted octanol–water partition coefficient (Wildman–Crippen LogP) is 3.60. The highest BCUT2D eigenvalue weighted by molar-refractivity contribution is 6.32. The lowest BCUT2D eigenvalue weighted by molar-refractivity contribution is 0.106. The maximum Gasteiger partial charge on any atom is 0.168 e. The van der Waals surface area contributed by atoms with Gasteiger partial charge in [0.1, 0.15) is 5.75 Å². The topological polar surface area (TPSA) is 29.5 Å². The van der Waals surface area contributed by atoms with E-state index in [0.717, 1.165) is 5.56 Å². The van der Waals surface area contributed by atoms with Crippen LogP contribution in [0.25, 0.3) is 0 Å². The largest absolute Gasteiger partial charge is 0.508 e. The molecule has 2 nitrogen and oxygen atoms in total. The Morgan fingerprint density at radius 1 is 1.18 bits per heavy atom. The van der Waals surface area contributed by atoms with Crippen LogP contribution in [0.5, 0.6) is 5.75 Å². The summed E-state index contributed by atoms with van der Waals surface area (Å²) in [5.74, 6) is 0.238. The maximum atomic E-state index is 9.88.